The summed E-state index contributed by atoms with van der Waals surface area (Å²) < 4.78 is 1.75. The van der Waals surface area contributed by atoms with Crippen LogP contribution < -0.4 is 11.1 Å². The van der Waals surface area contributed by atoms with Crippen LogP contribution in [0.1, 0.15) is 31.2 Å². The second-order valence-electron chi connectivity index (χ2n) is 6.50. The largest absolute Gasteiger partial charge is 0.351 e. The Balaban J connectivity index is 1.62. The van der Waals surface area contributed by atoms with Crippen molar-refractivity contribution < 1.29 is 0 Å². The first-order valence-electron chi connectivity index (χ1n) is 8.36. The van der Waals surface area contributed by atoms with Gasteiger partial charge in [0.15, 0.2) is 11.2 Å². The number of hydrogen-bond acceptors (Lipinski definition) is 6. The van der Waals surface area contributed by atoms with Crippen molar-refractivity contribution in [3.8, 4) is 5.69 Å². The summed E-state index contributed by atoms with van der Waals surface area (Å²) >= 11 is 0. The number of hydrogen-bond donors (Lipinski definition) is 2. The fraction of sp³-hybridized carbons (Fsp3) is 0.412. The van der Waals surface area contributed by atoms with Gasteiger partial charge in [-0.25, -0.2) is 4.98 Å². The van der Waals surface area contributed by atoms with Gasteiger partial charge in [0.05, 0.1) is 11.9 Å². The minimum Gasteiger partial charge on any atom is -0.351 e. The molecule has 1 aliphatic rings. The van der Waals surface area contributed by atoms with E-state index >= 15 is 0 Å². The van der Waals surface area contributed by atoms with Crippen molar-refractivity contribution in [2.45, 2.75) is 44.7 Å². The molecule has 124 valence electrons. The highest BCUT2D eigenvalue weighted by atomic mass is 15.4. The average Bonchev–Trinajstić information content (AvgIpc) is 3.01. The maximum absolute atomic E-state index is 5.97. The monoisotopic (exact) mass is 323 g/mol. The van der Waals surface area contributed by atoms with Gasteiger partial charge in [-0.1, -0.05) is 22.9 Å². The van der Waals surface area contributed by atoms with Crippen molar-refractivity contribution in [3.63, 3.8) is 0 Å². The fourth-order valence-corrected chi connectivity index (χ4v) is 3.10. The number of anilines is 1. The number of nitrogens with one attached hydrogen (secondary N) is 1. The summed E-state index contributed by atoms with van der Waals surface area (Å²) in [6.45, 7) is 2.06. The number of aryl methyl sites for hydroxylation is 1. The Bertz CT molecular complexity index is 832. The molecule has 1 fully saturated rings. The molecule has 0 aliphatic heterocycles. The highest BCUT2D eigenvalue weighted by Gasteiger charge is 2.19. The Morgan fingerprint density at radius 2 is 1.88 bits per heavy atom. The zero-order valence-electron chi connectivity index (χ0n) is 13.7. The summed E-state index contributed by atoms with van der Waals surface area (Å²) in [7, 11) is 0. The molecule has 0 bridgehead atoms. The van der Waals surface area contributed by atoms with Crippen molar-refractivity contribution in [1.29, 1.82) is 0 Å². The standard InChI is InChI=1S/C17H21N7/c1-11-2-8-14(9-3-11)24-16-15(22-23-24)10-19-17(21-16)20-13-6-4-12(18)5-7-13/h2-3,8-10,12-13H,4-7,18H2,1H3,(H,19,20,21). The molecule has 1 saturated carbocycles. The van der Waals surface area contributed by atoms with Gasteiger partial charge in [0, 0.05) is 12.1 Å². The maximum atomic E-state index is 5.97. The van der Waals surface area contributed by atoms with Gasteiger partial charge in [0.25, 0.3) is 0 Å². The van der Waals surface area contributed by atoms with Gasteiger partial charge in [-0.3, -0.25) is 0 Å². The molecule has 24 heavy (non-hydrogen) atoms. The Kier molecular flexibility index (Phi) is 3.86. The van der Waals surface area contributed by atoms with Gasteiger partial charge in [0.1, 0.15) is 0 Å². The molecule has 2 heterocycles. The first kappa shape index (κ1) is 15.0. The minimum absolute atomic E-state index is 0.332. The van der Waals surface area contributed by atoms with Crippen LogP contribution in [0.25, 0.3) is 16.9 Å². The van der Waals surface area contributed by atoms with Crippen molar-refractivity contribution in [2.24, 2.45) is 5.73 Å². The third kappa shape index (κ3) is 2.94. The van der Waals surface area contributed by atoms with Crippen LogP contribution in [0.5, 0.6) is 0 Å². The van der Waals surface area contributed by atoms with E-state index < -0.39 is 0 Å². The number of nitrogens with two attached hydrogens (primary N) is 1. The van der Waals surface area contributed by atoms with Crippen LogP contribution >= 0.6 is 0 Å². The second-order valence-corrected chi connectivity index (χ2v) is 6.50. The van der Waals surface area contributed by atoms with Crippen LogP contribution in [-0.4, -0.2) is 37.0 Å². The fourth-order valence-electron chi connectivity index (χ4n) is 3.10. The zero-order valence-corrected chi connectivity index (χ0v) is 13.7. The van der Waals surface area contributed by atoms with Gasteiger partial charge >= 0.3 is 0 Å². The smallest absolute Gasteiger partial charge is 0.225 e. The lowest BCUT2D eigenvalue weighted by Crippen LogP contribution is -2.33. The molecule has 0 atom stereocenters. The van der Waals surface area contributed by atoms with Crippen LogP contribution in [0.15, 0.2) is 30.5 Å². The first-order valence-corrected chi connectivity index (χ1v) is 8.36. The normalized spacial score (nSPS) is 21.1. The molecule has 1 aromatic carbocycles. The number of benzene rings is 1. The van der Waals surface area contributed by atoms with Gasteiger partial charge < -0.3 is 11.1 Å². The van der Waals surface area contributed by atoms with Gasteiger partial charge in [-0.05, 0) is 44.7 Å². The molecular formula is C17H21N7. The highest BCUT2D eigenvalue weighted by Crippen LogP contribution is 2.21. The Hall–Kier alpha value is -2.54. The predicted molar refractivity (Wildman–Crippen MR) is 93.0 cm³/mol. The van der Waals surface area contributed by atoms with E-state index in [1.165, 1.54) is 5.56 Å². The number of aromatic nitrogens is 5. The quantitative estimate of drug-likeness (QED) is 0.767. The molecule has 0 saturated heterocycles. The van der Waals surface area contributed by atoms with E-state index in [1.54, 1.807) is 10.9 Å². The third-order valence-corrected chi connectivity index (χ3v) is 4.58. The zero-order chi connectivity index (χ0) is 16.5. The molecule has 0 spiro atoms. The molecule has 0 amide bonds. The minimum atomic E-state index is 0.332. The molecule has 2 aromatic heterocycles. The molecule has 0 unspecified atom stereocenters. The van der Waals surface area contributed by atoms with Crippen LogP contribution in [0.4, 0.5) is 5.95 Å². The topological polar surface area (TPSA) is 94.5 Å². The summed E-state index contributed by atoms with van der Waals surface area (Å²) in [4.78, 5) is 9.00. The van der Waals surface area contributed by atoms with Crippen LogP contribution in [0, 0.1) is 6.92 Å². The molecular weight excluding hydrogens is 302 g/mol. The number of rotatable bonds is 3. The molecule has 0 radical (unpaired) electrons. The summed E-state index contributed by atoms with van der Waals surface area (Å²) in [5.41, 5.74) is 9.51. The van der Waals surface area contributed by atoms with Crippen molar-refractivity contribution in [1.82, 2.24) is 25.0 Å². The molecule has 7 heteroatoms. The summed E-state index contributed by atoms with van der Waals surface area (Å²) in [6.07, 6.45) is 5.92. The SMILES string of the molecule is Cc1ccc(-n2nnc3cnc(NC4CCC(N)CC4)nc32)cc1. The van der Waals surface area contributed by atoms with Crippen molar-refractivity contribution in [3.05, 3.63) is 36.0 Å². The van der Waals surface area contributed by atoms with Crippen molar-refractivity contribution in [2.75, 3.05) is 5.32 Å². The lowest BCUT2D eigenvalue weighted by Gasteiger charge is -2.26. The lowest BCUT2D eigenvalue weighted by molar-refractivity contribution is 0.410. The lowest BCUT2D eigenvalue weighted by atomic mass is 9.92. The number of fused-ring (bicyclic) bond motifs is 1. The van der Waals surface area contributed by atoms with Crippen molar-refractivity contribution >= 4 is 17.1 Å². The maximum Gasteiger partial charge on any atom is 0.225 e. The van der Waals surface area contributed by atoms with Crippen LogP contribution in [-0.2, 0) is 0 Å². The van der Waals surface area contributed by atoms with Gasteiger partial charge in [-0.2, -0.15) is 9.67 Å². The van der Waals surface area contributed by atoms with E-state index in [1.807, 2.05) is 12.1 Å². The highest BCUT2D eigenvalue weighted by molar-refractivity contribution is 5.71. The second kappa shape index (κ2) is 6.16. The van der Waals surface area contributed by atoms with E-state index in [0.717, 1.165) is 31.4 Å². The molecule has 4 rings (SSSR count). The summed E-state index contributed by atoms with van der Waals surface area (Å²) in [5, 5.41) is 11.8. The van der Waals surface area contributed by atoms with E-state index in [2.05, 4.69) is 44.7 Å². The van der Waals surface area contributed by atoms with E-state index in [4.69, 9.17) is 5.73 Å². The Labute approximate surface area is 140 Å². The predicted octanol–water partition coefficient (Wildman–Crippen LogP) is 2.20. The van der Waals surface area contributed by atoms with Crippen LogP contribution in [0.3, 0.4) is 0 Å². The Morgan fingerprint density at radius 3 is 2.62 bits per heavy atom. The van der Waals surface area contributed by atoms with E-state index in [0.29, 0.717) is 29.2 Å². The van der Waals surface area contributed by atoms with E-state index in [-0.39, 0.29) is 0 Å². The molecule has 1 aliphatic carbocycles. The Morgan fingerprint density at radius 1 is 1.12 bits per heavy atom. The molecule has 7 nitrogen and oxygen atoms in total. The summed E-state index contributed by atoms with van der Waals surface area (Å²) in [5.74, 6) is 0.624. The number of nitrogens with zero attached hydrogens (tertiary/aromatic N) is 5. The van der Waals surface area contributed by atoms with E-state index in [9.17, 15) is 0 Å². The summed E-state index contributed by atoms with van der Waals surface area (Å²) in [6, 6.07) is 8.84. The van der Waals surface area contributed by atoms with Crippen LogP contribution in [0.2, 0.25) is 0 Å². The third-order valence-electron chi connectivity index (χ3n) is 4.58. The average molecular weight is 323 g/mol. The molecule has 3 N–H and O–H groups in total. The van der Waals surface area contributed by atoms with Gasteiger partial charge in [-0.15, -0.1) is 5.10 Å². The first-order chi connectivity index (χ1) is 11.7. The van der Waals surface area contributed by atoms with Gasteiger partial charge in [0.2, 0.25) is 5.95 Å². The molecule has 3 aromatic rings.